The summed E-state index contributed by atoms with van der Waals surface area (Å²) in [6, 6.07) is 10.5. The van der Waals surface area contributed by atoms with Gasteiger partial charge >= 0.3 is 0 Å². The van der Waals surface area contributed by atoms with E-state index in [9.17, 15) is 18.0 Å². The lowest BCUT2D eigenvalue weighted by Gasteiger charge is -2.32. The zero-order valence-corrected chi connectivity index (χ0v) is 25.7. The zero-order chi connectivity index (χ0) is 29.8. The number of rotatable bonds is 7. The van der Waals surface area contributed by atoms with Gasteiger partial charge < -0.3 is 20.5 Å². The predicted molar refractivity (Wildman–Crippen MR) is 166 cm³/mol. The van der Waals surface area contributed by atoms with Gasteiger partial charge in [-0.05, 0) is 81.5 Å². The van der Waals surface area contributed by atoms with E-state index in [0.29, 0.717) is 58.8 Å². The largest absolute Gasteiger partial charge is 0.358 e. The summed E-state index contributed by atoms with van der Waals surface area (Å²) < 4.78 is 26.7. The van der Waals surface area contributed by atoms with Crippen LogP contribution < -0.4 is 10.6 Å². The van der Waals surface area contributed by atoms with Crippen molar-refractivity contribution in [2.24, 2.45) is 0 Å². The smallest absolute Gasteiger partial charge is 0.256 e. The second kappa shape index (κ2) is 11.2. The third kappa shape index (κ3) is 5.63. The van der Waals surface area contributed by atoms with Crippen molar-refractivity contribution in [3.63, 3.8) is 0 Å². The van der Waals surface area contributed by atoms with Crippen molar-refractivity contribution in [3.8, 4) is 0 Å². The van der Waals surface area contributed by atoms with Crippen LogP contribution in [0.15, 0.2) is 41.3 Å². The summed E-state index contributed by atoms with van der Waals surface area (Å²) in [7, 11) is -3.83. The van der Waals surface area contributed by atoms with Crippen LogP contribution in [-0.2, 0) is 20.4 Å². The molecule has 3 aliphatic rings. The first-order valence-corrected chi connectivity index (χ1v) is 16.5. The van der Waals surface area contributed by atoms with Crippen molar-refractivity contribution in [2.45, 2.75) is 62.3 Å². The Kier molecular flexibility index (Phi) is 7.72. The lowest BCUT2D eigenvalue weighted by molar-refractivity contribution is -0.110. The van der Waals surface area contributed by atoms with Gasteiger partial charge in [-0.3, -0.25) is 9.59 Å². The highest BCUT2D eigenvalue weighted by molar-refractivity contribution is 7.90. The lowest BCUT2D eigenvalue weighted by Crippen LogP contribution is -2.45. The maximum absolute atomic E-state index is 13.5. The van der Waals surface area contributed by atoms with Crippen LogP contribution in [0.25, 0.3) is 11.6 Å². The molecule has 3 aromatic rings. The van der Waals surface area contributed by atoms with Gasteiger partial charge in [0.05, 0.1) is 21.8 Å². The van der Waals surface area contributed by atoms with Gasteiger partial charge in [-0.1, -0.05) is 29.3 Å². The molecule has 0 bridgehead atoms. The number of carbonyl (C=O) groups is 2. The Balaban J connectivity index is 1.26. The van der Waals surface area contributed by atoms with Gasteiger partial charge in [0, 0.05) is 63.4 Å². The number of aromatic nitrogens is 1. The molecule has 8 nitrogen and oxygen atoms in total. The minimum Gasteiger partial charge on any atom is -0.358 e. The molecule has 2 aromatic carbocycles. The number of sulfone groups is 1. The van der Waals surface area contributed by atoms with E-state index in [1.54, 1.807) is 30.3 Å². The minimum atomic E-state index is -3.83. The number of benzene rings is 2. The number of piperidine rings is 1. The first kappa shape index (κ1) is 29.0. The Bertz CT molecular complexity index is 1720. The molecule has 0 radical (unpaired) electrons. The summed E-state index contributed by atoms with van der Waals surface area (Å²) in [5, 5.41) is 7.02. The number of carbonyl (C=O) groups excluding carboxylic acids is 2. The molecule has 0 unspecified atom stereocenters. The number of likely N-dealkylation sites (tertiary alicyclic amines) is 1. The fourth-order valence-electron chi connectivity index (χ4n) is 5.82. The van der Waals surface area contributed by atoms with E-state index < -0.39 is 9.84 Å². The summed E-state index contributed by atoms with van der Waals surface area (Å²) in [4.78, 5) is 31.8. The maximum atomic E-state index is 13.5. The van der Waals surface area contributed by atoms with Crippen LogP contribution in [-0.4, -0.2) is 55.3 Å². The van der Waals surface area contributed by atoms with E-state index in [1.165, 1.54) is 25.0 Å². The molecule has 11 heteroatoms. The molecule has 3 N–H and O–H groups in total. The fourth-order valence-corrected chi connectivity index (χ4v) is 7.94. The van der Waals surface area contributed by atoms with Crippen molar-refractivity contribution in [1.82, 2.24) is 15.2 Å². The molecular formula is C31H32Cl2N4O4S. The van der Waals surface area contributed by atoms with Crippen LogP contribution in [0.1, 0.15) is 64.1 Å². The van der Waals surface area contributed by atoms with Crippen LogP contribution in [0.4, 0.5) is 5.69 Å². The standard InChI is InChI=1S/C31H32Cl2N4O4S/c1-17-28(34-18(2)29(17)31(39)37-12-10-20(11-13-37)35-19-6-7-19)15-23-22-14-21(8-9-27(22)36-30(23)38)42(40,41)16-24-25(32)4-3-5-26(24)33/h3-5,8-9,14-15,19-20,34-35H,6-7,10-13,16H2,1-2H3,(H,36,38). The number of anilines is 1. The predicted octanol–water partition coefficient (Wildman–Crippen LogP) is 5.76. The number of hydrogen-bond donors (Lipinski definition) is 3. The highest BCUT2D eigenvalue weighted by Gasteiger charge is 2.32. The van der Waals surface area contributed by atoms with Crippen LogP contribution in [0.5, 0.6) is 0 Å². The average Bonchev–Trinajstić information content (AvgIpc) is 3.65. The van der Waals surface area contributed by atoms with Crippen molar-refractivity contribution < 1.29 is 18.0 Å². The maximum Gasteiger partial charge on any atom is 0.256 e. The van der Waals surface area contributed by atoms with E-state index in [-0.39, 0.29) is 32.5 Å². The number of nitrogens with zero attached hydrogens (tertiary/aromatic N) is 1. The number of aryl methyl sites for hydroxylation is 1. The third-order valence-corrected chi connectivity index (χ3v) is 10.7. The number of nitrogens with one attached hydrogen (secondary N) is 3. The van der Waals surface area contributed by atoms with Crippen molar-refractivity contribution >= 4 is 62.2 Å². The summed E-state index contributed by atoms with van der Waals surface area (Å²) >= 11 is 12.5. The molecule has 1 aliphatic carbocycles. The molecule has 3 heterocycles. The molecule has 0 spiro atoms. The summed E-state index contributed by atoms with van der Waals surface area (Å²) in [5.74, 6) is -0.740. The third-order valence-electron chi connectivity index (χ3n) is 8.34. The van der Waals surface area contributed by atoms with E-state index in [1.807, 2.05) is 18.7 Å². The molecule has 1 aromatic heterocycles. The number of aromatic amines is 1. The molecular weight excluding hydrogens is 595 g/mol. The molecule has 1 saturated carbocycles. The van der Waals surface area contributed by atoms with Crippen LogP contribution in [0.3, 0.4) is 0 Å². The molecule has 1 saturated heterocycles. The normalized spacial score (nSPS) is 18.4. The first-order valence-electron chi connectivity index (χ1n) is 14.1. The topological polar surface area (TPSA) is 111 Å². The van der Waals surface area contributed by atoms with Crippen molar-refractivity contribution in [1.29, 1.82) is 0 Å². The van der Waals surface area contributed by atoms with Crippen molar-refractivity contribution in [3.05, 3.63) is 80.1 Å². The van der Waals surface area contributed by atoms with Gasteiger partial charge in [0.25, 0.3) is 11.8 Å². The molecule has 2 amide bonds. The lowest BCUT2D eigenvalue weighted by atomic mass is 10.0. The molecule has 2 aliphatic heterocycles. The summed E-state index contributed by atoms with van der Waals surface area (Å²) in [5.41, 5.74) is 4.35. The summed E-state index contributed by atoms with van der Waals surface area (Å²) in [6.45, 7) is 5.13. The van der Waals surface area contributed by atoms with E-state index in [0.717, 1.165) is 24.1 Å². The molecule has 6 rings (SSSR count). The second-order valence-electron chi connectivity index (χ2n) is 11.3. The van der Waals surface area contributed by atoms with E-state index in [2.05, 4.69) is 15.6 Å². The minimum absolute atomic E-state index is 0.0151. The highest BCUT2D eigenvalue weighted by atomic mass is 35.5. The number of halogens is 2. The van der Waals surface area contributed by atoms with Crippen molar-refractivity contribution in [2.75, 3.05) is 18.4 Å². The van der Waals surface area contributed by atoms with E-state index in [4.69, 9.17) is 23.2 Å². The van der Waals surface area contributed by atoms with Gasteiger partial charge in [0.15, 0.2) is 9.84 Å². The number of hydrogen-bond acceptors (Lipinski definition) is 5. The molecule has 220 valence electrons. The molecule has 42 heavy (non-hydrogen) atoms. The van der Waals surface area contributed by atoms with Gasteiger partial charge in [-0.15, -0.1) is 0 Å². The number of amides is 2. The Morgan fingerprint density at radius 2 is 1.71 bits per heavy atom. The second-order valence-corrected chi connectivity index (χ2v) is 14.2. The average molecular weight is 628 g/mol. The molecule has 0 atom stereocenters. The van der Waals surface area contributed by atoms with E-state index >= 15 is 0 Å². The Morgan fingerprint density at radius 1 is 1.05 bits per heavy atom. The van der Waals surface area contributed by atoms with Crippen LogP contribution in [0, 0.1) is 13.8 Å². The molecule has 2 fully saturated rings. The van der Waals surface area contributed by atoms with Gasteiger partial charge in [0.2, 0.25) is 0 Å². The number of H-pyrrole nitrogens is 1. The Hall–Kier alpha value is -3.11. The Morgan fingerprint density at radius 3 is 2.38 bits per heavy atom. The number of fused-ring (bicyclic) bond motifs is 1. The SMILES string of the molecule is Cc1[nH]c(C=C2C(=O)Nc3ccc(S(=O)(=O)Cc4c(Cl)cccc4Cl)cc32)c(C)c1C(=O)N1CCC(NC2CC2)CC1. The zero-order valence-electron chi connectivity index (χ0n) is 23.4. The first-order chi connectivity index (χ1) is 20.0. The van der Waals surface area contributed by atoms with Gasteiger partial charge in [-0.2, -0.15) is 0 Å². The van der Waals surface area contributed by atoms with Gasteiger partial charge in [0.1, 0.15) is 0 Å². The van der Waals surface area contributed by atoms with Crippen LogP contribution in [0.2, 0.25) is 10.0 Å². The monoisotopic (exact) mass is 626 g/mol. The van der Waals surface area contributed by atoms with Gasteiger partial charge in [-0.25, -0.2) is 8.42 Å². The Labute approximate surface area is 255 Å². The fraction of sp³-hybridized carbons (Fsp3) is 0.355. The summed E-state index contributed by atoms with van der Waals surface area (Å²) in [6.07, 6.45) is 6.05. The quantitative estimate of drug-likeness (QED) is 0.289. The van der Waals surface area contributed by atoms with Crippen LogP contribution >= 0.6 is 23.2 Å². The highest BCUT2D eigenvalue weighted by Crippen LogP contribution is 2.37.